The van der Waals surface area contributed by atoms with E-state index >= 15 is 0 Å². The van der Waals surface area contributed by atoms with Crippen molar-refractivity contribution in [3.63, 3.8) is 0 Å². The number of thiophene rings is 1. The predicted octanol–water partition coefficient (Wildman–Crippen LogP) is 3.14. The molecule has 0 saturated carbocycles. The number of nitrogens with one attached hydrogen (secondary N) is 1. The normalized spacial score (nSPS) is 21.6. The van der Waals surface area contributed by atoms with Gasteiger partial charge in [-0.3, -0.25) is 24.6 Å². The number of rotatable bonds is 4. The van der Waals surface area contributed by atoms with Crippen molar-refractivity contribution in [2.24, 2.45) is 0 Å². The van der Waals surface area contributed by atoms with Gasteiger partial charge in [0.2, 0.25) is 11.8 Å². The summed E-state index contributed by atoms with van der Waals surface area (Å²) < 4.78 is 0. The van der Waals surface area contributed by atoms with Gasteiger partial charge in [-0.1, -0.05) is 12.1 Å². The van der Waals surface area contributed by atoms with Gasteiger partial charge in [0.25, 0.3) is 5.91 Å². The van der Waals surface area contributed by atoms with Gasteiger partial charge in [0.15, 0.2) is 0 Å². The third-order valence-electron chi connectivity index (χ3n) is 7.45. The Hall–Kier alpha value is -3.17. The van der Waals surface area contributed by atoms with E-state index < -0.39 is 6.04 Å². The van der Waals surface area contributed by atoms with E-state index in [1.54, 1.807) is 22.6 Å². The molecule has 0 radical (unpaired) electrons. The highest BCUT2D eigenvalue weighted by Crippen LogP contribution is 2.35. The van der Waals surface area contributed by atoms with E-state index in [9.17, 15) is 14.4 Å². The first-order valence-electron chi connectivity index (χ1n) is 12.2. The van der Waals surface area contributed by atoms with Crippen LogP contribution in [0.1, 0.15) is 63.7 Å². The molecule has 1 unspecified atom stereocenters. The molecule has 0 bridgehead atoms. The van der Waals surface area contributed by atoms with E-state index in [1.165, 1.54) is 21.5 Å². The molecule has 35 heavy (non-hydrogen) atoms. The lowest BCUT2D eigenvalue weighted by Gasteiger charge is -2.32. The van der Waals surface area contributed by atoms with Crippen LogP contribution in [0.25, 0.3) is 10.2 Å². The summed E-state index contributed by atoms with van der Waals surface area (Å²) in [6.45, 7) is 5.37. The van der Waals surface area contributed by atoms with Crippen molar-refractivity contribution < 1.29 is 14.4 Å². The zero-order valence-corrected chi connectivity index (χ0v) is 20.4. The Morgan fingerprint density at radius 1 is 1.09 bits per heavy atom. The van der Waals surface area contributed by atoms with Gasteiger partial charge in [-0.2, -0.15) is 0 Å². The maximum atomic E-state index is 12.9. The molecule has 2 fully saturated rings. The number of amides is 3. The third-order valence-corrected chi connectivity index (χ3v) is 8.41. The largest absolute Gasteiger partial charge is 0.322 e. The molecule has 2 saturated heterocycles. The summed E-state index contributed by atoms with van der Waals surface area (Å²) in [7, 11) is 0. The van der Waals surface area contributed by atoms with Crippen LogP contribution in [0.4, 0.5) is 0 Å². The zero-order chi connectivity index (χ0) is 24.1. The first kappa shape index (κ1) is 22.3. The molecule has 3 amide bonds. The van der Waals surface area contributed by atoms with E-state index in [0.717, 1.165) is 42.9 Å². The zero-order valence-electron chi connectivity index (χ0n) is 19.6. The fourth-order valence-corrected chi connectivity index (χ4v) is 6.52. The van der Waals surface area contributed by atoms with Gasteiger partial charge in [-0.05, 0) is 62.5 Å². The van der Waals surface area contributed by atoms with E-state index in [4.69, 9.17) is 0 Å². The van der Waals surface area contributed by atoms with Crippen molar-refractivity contribution in [1.82, 2.24) is 25.1 Å². The summed E-state index contributed by atoms with van der Waals surface area (Å²) in [6, 6.07) is 7.66. The Balaban J connectivity index is 1.11. The molecule has 1 atom stereocenters. The number of aromatic nitrogens is 2. The minimum Gasteiger partial charge on any atom is -0.322 e. The van der Waals surface area contributed by atoms with Crippen molar-refractivity contribution in [3.8, 4) is 0 Å². The van der Waals surface area contributed by atoms with Crippen LogP contribution in [0.3, 0.4) is 0 Å². The molecule has 1 N–H and O–H groups in total. The molecule has 0 spiro atoms. The predicted molar refractivity (Wildman–Crippen MR) is 132 cm³/mol. The molecule has 2 aromatic heterocycles. The molecule has 6 rings (SSSR count). The molecular formula is C26H27N5O3S. The summed E-state index contributed by atoms with van der Waals surface area (Å²) in [5, 5.41) is 3.57. The van der Waals surface area contributed by atoms with Gasteiger partial charge in [0.1, 0.15) is 17.2 Å². The van der Waals surface area contributed by atoms with E-state index in [2.05, 4.69) is 39.2 Å². The van der Waals surface area contributed by atoms with Crippen molar-refractivity contribution in [3.05, 3.63) is 57.9 Å². The van der Waals surface area contributed by atoms with Crippen molar-refractivity contribution in [2.75, 3.05) is 13.1 Å². The Bertz CT molecular complexity index is 1340. The standard InChI is InChI=1S/C26H27N5O3S/c1-15-10-20-23(27-14-28-25(20)35-15)17-6-8-30(9-7-17)12-16-2-3-19-18(11-16)13-31(26(19)34)21-4-5-22(32)29-24(21)33/h2-3,10-11,14,17,21H,4-9,12-13H2,1H3,(H,29,32,33). The molecular weight excluding hydrogens is 462 g/mol. The summed E-state index contributed by atoms with van der Waals surface area (Å²) >= 11 is 1.73. The van der Waals surface area contributed by atoms with Gasteiger partial charge >= 0.3 is 0 Å². The Morgan fingerprint density at radius 3 is 2.71 bits per heavy atom. The number of nitrogens with zero attached hydrogens (tertiary/aromatic N) is 4. The highest BCUT2D eigenvalue weighted by molar-refractivity contribution is 7.18. The SMILES string of the molecule is Cc1cc2c(C3CCN(Cc4ccc5c(c4)CN(C4CCC(=O)NC4=O)C5=O)CC3)ncnc2s1. The van der Waals surface area contributed by atoms with Crippen molar-refractivity contribution in [2.45, 2.75) is 57.7 Å². The van der Waals surface area contributed by atoms with Gasteiger partial charge in [-0.15, -0.1) is 11.3 Å². The lowest BCUT2D eigenvalue weighted by Crippen LogP contribution is -2.52. The van der Waals surface area contributed by atoms with Crippen molar-refractivity contribution in [1.29, 1.82) is 0 Å². The number of piperidine rings is 2. The average Bonchev–Trinajstić information content (AvgIpc) is 3.38. The molecule has 180 valence electrons. The number of benzene rings is 1. The topological polar surface area (TPSA) is 95.5 Å². The van der Waals surface area contributed by atoms with Crippen LogP contribution in [-0.2, 0) is 22.7 Å². The lowest BCUT2D eigenvalue weighted by molar-refractivity contribution is -0.136. The monoisotopic (exact) mass is 489 g/mol. The number of likely N-dealkylation sites (tertiary alicyclic amines) is 1. The van der Waals surface area contributed by atoms with E-state index in [-0.39, 0.29) is 24.1 Å². The van der Waals surface area contributed by atoms with Crippen LogP contribution in [-0.4, -0.2) is 56.6 Å². The Morgan fingerprint density at radius 2 is 1.91 bits per heavy atom. The molecule has 0 aliphatic carbocycles. The molecule has 3 aromatic rings. The quantitative estimate of drug-likeness (QED) is 0.566. The van der Waals surface area contributed by atoms with Crippen LogP contribution in [0.15, 0.2) is 30.6 Å². The molecule has 3 aliphatic heterocycles. The number of fused-ring (bicyclic) bond motifs is 2. The number of carbonyl (C=O) groups excluding carboxylic acids is 3. The second-order valence-corrected chi connectivity index (χ2v) is 11.0. The number of hydrogen-bond donors (Lipinski definition) is 1. The summed E-state index contributed by atoms with van der Waals surface area (Å²) in [5.74, 6) is -0.313. The Labute approximate surface area is 207 Å². The fraction of sp³-hybridized carbons (Fsp3) is 0.423. The summed E-state index contributed by atoms with van der Waals surface area (Å²) in [6.07, 6.45) is 4.48. The highest BCUT2D eigenvalue weighted by Gasteiger charge is 2.39. The van der Waals surface area contributed by atoms with Crippen molar-refractivity contribution >= 4 is 39.3 Å². The van der Waals surface area contributed by atoms with Crippen LogP contribution in [0.5, 0.6) is 0 Å². The van der Waals surface area contributed by atoms with Crippen LogP contribution in [0.2, 0.25) is 0 Å². The summed E-state index contributed by atoms with van der Waals surface area (Å²) in [4.78, 5) is 52.2. The minimum absolute atomic E-state index is 0.123. The molecule has 9 heteroatoms. The number of hydrogen-bond acceptors (Lipinski definition) is 7. The van der Waals surface area contributed by atoms with Crippen LogP contribution >= 0.6 is 11.3 Å². The number of aryl methyl sites for hydroxylation is 1. The highest BCUT2D eigenvalue weighted by atomic mass is 32.1. The smallest absolute Gasteiger partial charge is 0.255 e. The lowest BCUT2D eigenvalue weighted by atomic mass is 9.91. The molecule has 3 aliphatic rings. The minimum atomic E-state index is -0.574. The number of imide groups is 1. The van der Waals surface area contributed by atoms with Gasteiger partial charge < -0.3 is 4.90 Å². The van der Waals surface area contributed by atoms with Gasteiger partial charge in [-0.25, -0.2) is 9.97 Å². The van der Waals surface area contributed by atoms with Gasteiger partial charge in [0, 0.05) is 41.3 Å². The second kappa shape index (κ2) is 8.80. The van der Waals surface area contributed by atoms with E-state index in [0.29, 0.717) is 24.4 Å². The first-order chi connectivity index (χ1) is 17.0. The summed E-state index contributed by atoms with van der Waals surface area (Å²) in [5.41, 5.74) is 3.99. The molecule has 1 aromatic carbocycles. The first-order valence-corrected chi connectivity index (χ1v) is 13.0. The maximum Gasteiger partial charge on any atom is 0.255 e. The van der Waals surface area contributed by atoms with Gasteiger partial charge in [0.05, 0.1) is 5.69 Å². The second-order valence-electron chi connectivity index (χ2n) is 9.78. The van der Waals surface area contributed by atoms with E-state index in [1.807, 2.05) is 12.1 Å². The molecule has 5 heterocycles. The van der Waals surface area contributed by atoms with Crippen LogP contribution < -0.4 is 5.32 Å². The molecule has 8 nitrogen and oxygen atoms in total. The van der Waals surface area contributed by atoms with Crippen LogP contribution in [0, 0.1) is 6.92 Å². The Kier molecular flexibility index (Phi) is 5.61. The maximum absolute atomic E-state index is 12.9. The third kappa shape index (κ3) is 4.12. The average molecular weight is 490 g/mol. The number of carbonyl (C=O) groups is 3. The fourth-order valence-electron chi connectivity index (χ4n) is 5.67.